The highest BCUT2D eigenvalue weighted by Crippen LogP contribution is 2.75. The first-order valence-electron chi connectivity index (χ1n) is 16.6. The molecule has 0 saturated heterocycles. The second kappa shape index (κ2) is 12.4. The lowest BCUT2D eigenvalue weighted by Crippen LogP contribution is -2.65. The molecule has 0 bridgehead atoms. The van der Waals surface area contributed by atoms with Gasteiger partial charge < -0.3 is 5.11 Å². The molecule has 0 amide bonds. The van der Waals surface area contributed by atoms with Crippen LogP contribution in [-0.4, -0.2) is 11.7 Å². The lowest BCUT2D eigenvalue weighted by atomic mass is 9.32. The van der Waals surface area contributed by atoms with Gasteiger partial charge in [-0.25, -0.2) is 0 Å². The van der Waals surface area contributed by atoms with Crippen LogP contribution >= 0.6 is 0 Å². The monoisotopic (exact) mass is 505 g/mol. The Kier molecular flexibility index (Phi) is 11.1. The first-order valence-corrected chi connectivity index (χ1v) is 16.6. The van der Waals surface area contributed by atoms with Crippen molar-refractivity contribution < 1.29 is 5.11 Å². The Morgan fingerprint density at radius 2 is 1.25 bits per heavy atom. The molecule has 0 heterocycles. The van der Waals surface area contributed by atoms with Gasteiger partial charge in [0.1, 0.15) is 0 Å². The molecule has 5 rings (SSSR count). The van der Waals surface area contributed by atoms with E-state index < -0.39 is 0 Å². The summed E-state index contributed by atoms with van der Waals surface area (Å²) in [6.07, 6.45) is 16.8. The Morgan fingerprint density at radius 3 is 1.86 bits per heavy atom. The van der Waals surface area contributed by atoms with Crippen molar-refractivity contribution in [1.29, 1.82) is 0 Å². The van der Waals surface area contributed by atoms with E-state index in [1.165, 1.54) is 32.1 Å². The number of aliphatic hydroxyl groups excluding tert-OH is 1. The van der Waals surface area contributed by atoms with Gasteiger partial charge in [0.05, 0.1) is 0 Å². The van der Waals surface area contributed by atoms with Crippen molar-refractivity contribution in [3.63, 3.8) is 0 Å². The highest BCUT2D eigenvalue weighted by Gasteiger charge is 2.67. The van der Waals surface area contributed by atoms with Crippen LogP contribution in [0.15, 0.2) is 0 Å². The maximum absolute atomic E-state index is 7.57. The van der Waals surface area contributed by atoms with E-state index in [1.807, 2.05) is 27.7 Å². The van der Waals surface area contributed by atoms with Crippen molar-refractivity contribution >= 4 is 0 Å². The first kappa shape index (κ1) is 32.2. The molecule has 0 radical (unpaired) electrons. The van der Waals surface area contributed by atoms with Gasteiger partial charge in [-0.1, -0.05) is 82.6 Å². The molecule has 0 spiro atoms. The average Bonchev–Trinajstić information content (AvgIpc) is 2.85. The third-order valence-corrected chi connectivity index (χ3v) is 13.3. The second-order valence-corrected chi connectivity index (χ2v) is 14.6. The number of rotatable bonds is 0. The Hall–Kier alpha value is -0.0400. The van der Waals surface area contributed by atoms with Crippen LogP contribution in [0.25, 0.3) is 0 Å². The van der Waals surface area contributed by atoms with Crippen molar-refractivity contribution in [3.8, 4) is 0 Å². The maximum Gasteiger partial charge on any atom is 0.0402 e. The van der Waals surface area contributed by atoms with Crippen LogP contribution in [0.2, 0.25) is 0 Å². The third kappa shape index (κ3) is 5.11. The van der Waals surface area contributed by atoms with Crippen LogP contribution in [0, 0.1) is 63.1 Å². The predicted molar refractivity (Wildman–Crippen MR) is 160 cm³/mol. The zero-order chi connectivity index (χ0) is 27.5. The van der Waals surface area contributed by atoms with Crippen molar-refractivity contribution in [2.75, 3.05) is 6.61 Å². The normalized spacial score (nSPS) is 48.4. The summed E-state index contributed by atoms with van der Waals surface area (Å²) < 4.78 is 0. The van der Waals surface area contributed by atoms with E-state index in [2.05, 4.69) is 48.5 Å². The summed E-state index contributed by atoms with van der Waals surface area (Å²) in [5.74, 6) is 6.96. The van der Waals surface area contributed by atoms with Gasteiger partial charge in [-0.05, 0) is 134 Å². The molecular weight excluding hydrogens is 436 g/mol. The van der Waals surface area contributed by atoms with E-state index >= 15 is 0 Å². The minimum Gasteiger partial charge on any atom is -0.397 e. The number of hydrogen-bond acceptors (Lipinski definition) is 1. The van der Waals surface area contributed by atoms with E-state index in [4.69, 9.17) is 5.11 Å². The summed E-state index contributed by atoms with van der Waals surface area (Å²) in [4.78, 5) is 0. The molecule has 36 heavy (non-hydrogen) atoms. The van der Waals surface area contributed by atoms with Crippen LogP contribution in [0.3, 0.4) is 0 Å². The largest absolute Gasteiger partial charge is 0.397 e. The molecule has 5 aliphatic carbocycles. The summed E-state index contributed by atoms with van der Waals surface area (Å²) in [5.41, 5.74) is 2.31. The van der Waals surface area contributed by atoms with Crippen LogP contribution in [0.1, 0.15) is 154 Å². The summed E-state index contributed by atoms with van der Waals surface area (Å²) in [7, 11) is 0. The van der Waals surface area contributed by atoms with Gasteiger partial charge in [-0.15, -0.1) is 0 Å². The molecule has 0 aromatic rings. The van der Waals surface area contributed by atoms with Crippen LogP contribution < -0.4 is 0 Å². The van der Waals surface area contributed by atoms with E-state index in [0.29, 0.717) is 21.7 Å². The molecule has 0 aliphatic heterocycles. The minimum atomic E-state index is 0.250. The van der Waals surface area contributed by atoms with Crippen LogP contribution in [0.5, 0.6) is 0 Å². The molecule has 0 aromatic heterocycles. The maximum atomic E-state index is 7.57. The van der Waals surface area contributed by atoms with Crippen molar-refractivity contribution in [1.82, 2.24) is 0 Å². The van der Waals surface area contributed by atoms with Crippen LogP contribution in [0.4, 0.5) is 0 Å². The van der Waals surface area contributed by atoms with Crippen LogP contribution in [-0.2, 0) is 0 Å². The predicted octanol–water partition coefficient (Wildman–Crippen LogP) is 10.8. The average molecular weight is 505 g/mol. The zero-order valence-electron chi connectivity index (χ0n) is 27.0. The van der Waals surface area contributed by atoms with E-state index in [9.17, 15) is 0 Å². The molecule has 10 atom stereocenters. The fourth-order valence-electron chi connectivity index (χ4n) is 11.1. The fourth-order valence-corrected chi connectivity index (χ4v) is 11.1. The molecule has 1 heteroatoms. The van der Waals surface area contributed by atoms with Crippen molar-refractivity contribution in [3.05, 3.63) is 0 Å². The number of hydrogen-bond donors (Lipinski definition) is 1. The fraction of sp³-hybridized carbons (Fsp3) is 1.00. The Morgan fingerprint density at radius 1 is 0.667 bits per heavy atom. The molecule has 5 aliphatic rings. The van der Waals surface area contributed by atoms with Gasteiger partial charge in [0, 0.05) is 6.61 Å². The molecule has 5 fully saturated rings. The standard InChI is InChI=1S/C29H50.C2H6O.2C2H6/c1-19-8-9-21-13-16-28(6)23(22(21)18-19)10-11-25-27(5)15-12-20(2)26(3,4)24(27)14-17-29(25,28)7;1-2-3;2*1-2/h19-25H,8-18H2,1-7H3;3H,2H2,1H3;2*1-2H3/t19?,20?,21?,22?,23?,24?,25?,27-,28+,29+;;;/m0.../s1. The van der Waals surface area contributed by atoms with E-state index in [-0.39, 0.29) is 6.61 Å². The molecule has 1 N–H and O–H groups in total. The topological polar surface area (TPSA) is 20.2 Å². The van der Waals surface area contributed by atoms with E-state index in [1.54, 1.807) is 45.4 Å². The zero-order valence-corrected chi connectivity index (χ0v) is 27.0. The SMILES string of the molecule is CC.CC.CC1CCC2CC[C@]3(C)C(CCC4[C@@]5(C)CCC(C)C(C)(C)C5CC[C@]43C)C2C1.CCO. The van der Waals surface area contributed by atoms with Crippen molar-refractivity contribution in [2.24, 2.45) is 63.1 Å². The molecule has 0 aromatic carbocycles. The third-order valence-electron chi connectivity index (χ3n) is 13.3. The lowest BCUT2D eigenvalue weighted by Gasteiger charge is -2.72. The minimum absolute atomic E-state index is 0.250. The Bertz CT molecular complexity index is 668. The molecule has 214 valence electrons. The Balaban J connectivity index is 0.000000596. The summed E-state index contributed by atoms with van der Waals surface area (Å²) in [5, 5.41) is 7.57. The summed E-state index contributed by atoms with van der Waals surface area (Å²) in [6, 6.07) is 0. The number of fused-ring (bicyclic) bond motifs is 7. The molecule has 1 nitrogen and oxygen atoms in total. The highest BCUT2D eigenvalue weighted by atomic mass is 16.2. The first-order chi connectivity index (χ1) is 17.0. The van der Waals surface area contributed by atoms with Gasteiger partial charge in [0.15, 0.2) is 0 Å². The smallest absolute Gasteiger partial charge is 0.0402 e. The molecule has 7 unspecified atom stereocenters. The van der Waals surface area contributed by atoms with E-state index in [0.717, 1.165) is 41.4 Å². The summed E-state index contributed by atoms with van der Waals surface area (Å²) >= 11 is 0. The van der Waals surface area contributed by atoms with Gasteiger partial charge in [-0.3, -0.25) is 0 Å². The van der Waals surface area contributed by atoms with Crippen molar-refractivity contribution in [2.45, 2.75) is 154 Å². The van der Waals surface area contributed by atoms with Gasteiger partial charge in [0.25, 0.3) is 0 Å². The quantitative estimate of drug-likeness (QED) is 0.348. The number of aliphatic hydroxyl groups is 1. The lowest BCUT2D eigenvalue weighted by molar-refractivity contribution is -0.237. The molecular formula is C35H68O. The second-order valence-electron chi connectivity index (χ2n) is 14.6. The Labute approximate surface area is 228 Å². The molecule has 5 saturated carbocycles. The summed E-state index contributed by atoms with van der Waals surface area (Å²) in [6.45, 7) is 28.7. The highest BCUT2D eigenvalue weighted by molar-refractivity contribution is 5.16. The van der Waals surface area contributed by atoms with Gasteiger partial charge >= 0.3 is 0 Å². The van der Waals surface area contributed by atoms with Gasteiger partial charge in [-0.2, -0.15) is 0 Å². The van der Waals surface area contributed by atoms with Gasteiger partial charge in [0.2, 0.25) is 0 Å².